The molecule has 0 fully saturated rings. The third-order valence-corrected chi connectivity index (χ3v) is 5.30. The van der Waals surface area contributed by atoms with E-state index < -0.39 is 6.10 Å². The maximum atomic E-state index is 10.6. The van der Waals surface area contributed by atoms with Gasteiger partial charge in [0.1, 0.15) is 24.2 Å². The number of benzene rings is 2. The third kappa shape index (κ3) is 6.33. The number of para-hydroxylation sites is 1. The molecule has 3 aromatic rings. The van der Waals surface area contributed by atoms with Crippen molar-refractivity contribution in [3.8, 4) is 17.6 Å². The summed E-state index contributed by atoms with van der Waals surface area (Å²) in [6.45, 7) is 2.05. The second-order valence-corrected chi connectivity index (χ2v) is 7.69. The maximum absolute atomic E-state index is 10.6. The van der Waals surface area contributed by atoms with Crippen molar-refractivity contribution < 1.29 is 14.6 Å². The van der Waals surface area contributed by atoms with Crippen LogP contribution in [0, 0.1) is 11.3 Å². The van der Waals surface area contributed by atoms with Gasteiger partial charge in [0.2, 0.25) is 0 Å². The van der Waals surface area contributed by atoms with Crippen LogP contribution in [0.1, 0.15) is 16.0 Å². The van der Waals surface area contributed by atoms with Crippen LogP contribution in [0.25, 0.3) is 0 Å². The summed E-state index contributed by atoms with van der Waals surface area (Å²) in [6, 6.07) is 21.0. The monoisotopic (exact) mass is 408 g/mol. The van der Waals surface area contributed by atoms with Crippen molar-refractivity contribution >= 4 is 11.3 Å². The van der Waals surface area contributed by atoms with Crippen molar-refractivity contribution in [2.24, 2.45) is 0 Å². The molecule has 0 aliphatic heterocycles. The van der Waals surface area contributed by atoms with Crippen LogP contribution in [0.15, 0.2) is 66.0 Å². The minimum Gasteiger partial charge on any atom is -0.496 e. The first-order valence-corrected chi connectivity index (χ1v) is 10.2. The Balaban J connectivity index is 1.62. The van der Waals surface area contributed by atoms with Gasteiger partial charge < -0.3 is 14.6 Å². The fraction of sp³-hybridized carbons (Fsp3) is 0.261. The zero-order valence-corrected chi connectivity index (χ0v) is 17.1. The molecule has 1 N–H and O–H groups in total. The Bertz CT molecular complexity index is 920. The van der Waals surface area contributed by atoms with E-state index >= 15 is 0 Å². The van der Waals surface area contributed by atoms with Crippen LogP contribution in [0.4, 0.5) is 0 Å². The fourth-order valence-electron chi connectivity index (χ4n) is 3.05. The Morgan fingerprint density at radius 3 is 2.55 bits per heavy atom. The predicted octanol–water partition coefficient (Wildman–Crippen LogP) is 4.07. The Morgan fingerprint density at radius 2 is 1.86 bits per heavy atom. The maximum Gasteiger partial charge on any atom is 0.123 e. The first-order chi connectivity index (χ1) is 14.2. The van der Waals surface area contributed by atoms with Crippen LogP contribution < -0.4 is 9.47 Å². The van der Waals surface area contributed by atoms with Gasteiger partial charge in [0.05, 0.1) is 18.7 Å². The summed E-state index contributed by atoms with van der Waals surface area (Å²) in [6.07, 6.45) is -0.652. The van der Waals surface area contributed by atoms with Gasteiger partial charge >= 0.3 is 0 Å². The van der Waals surface area contributed by atoms with E-state index in [2.05, 4.69) is 22.4 Å². The number of nitrogens with zero attached hydrogens (tertiary/aromatic N) is 2. The van der Waals surface area contributed by atoms with Gasteiger partial charge in [-0.3, -0.25) is 4.90 Å². The van der Waals surface area contributed by atoms with E-state index in [9.17, 15) is 5.11 Å². The number of nitriles is 1. The van der Waals surface area contributed by atoms with Crippen LogP contribution in [0.3, 0.4) is 0 Å². The normalized spacial score (nSPS) is 11.8. The number of rotatable bonds is 10. The summed E-state index contributed by atoms with van der Waals surface area (Å²) in [5.74, 6) is 1.48. The standard InChI is InChI=1S/C23H24N2O3S/c1-27-23-7-3-2-5-19(23)14-25(16-22-6-4-12-29-22)15-20(26)17-28-21-10-8-18(13-24)9-11-21/h2-12,20,26H,14-17H2,1H3. The molecule has 0 spiro atoms. The van der Waals surface area contributed by atoms with Gasteiger partial charge in [-0.25, -0.2) is 0 Å². The van der Waals surface area contributed by atoms with E-state index in [4.69, 9.17) is 14.7 Å². The molecule has 150 valence electrons. The molecule has 0 bridgehead atoms. The van der Waals surface area contributed by atoms with E-state index in [0.717, 1.165) is 17.9 Å². The Morgan fingerprint density at radius 1 is 1.07 bits per heavy atom. The number of hydrogen-bond donors (Lipinski definition) is 1. The fourth-order valence-corrected chi connectivity index (χ4v) is 3.80. The molecule has 0 radical (unpaired) electrons. The van der Waals surface area contributed by atoms with Gasteiger partial charge in [-0.2, -0.15) is 5.26 Å². The van der Waals surface area contributed by atoms with E-state index in [1.807, 2.05) is 30.3 Å². The van der Waals surface area contributed by atoms with E-state index in [-0.39, 0.29) is 6.61 Å². The second kappa shape index (κ2) is 10.6. The van der Waals surface area contributed by atoms with Crippen molar-refractivity contribution in [2.45, 2.75) is 19.2 Å². The zero-order chi connectivity index (χ0) is 20.5. The molecule has 3 rings (SSSR count). The van der Waals surface area contributed by atoms with Gasteiger partial charge in [-0.15, -0.1) is 11.3 Å². The lowest BCUT2D eigenvalue weighted by Crippen LogP contribution is -2.35. The number of hydrogen-bond acceptors (Lipinski definition) is 6. The topological polar surface area (TPSA) is 65.7 Å². The Kier molecular flexibility index (Phi) is 7.65. The lowest BCUT2D eigenvalue weighted by atomic mass is 10.1. The summed E-state index contributed by atoms with van der Waals surface area (Å²) in [5.41, 5.74) is 1.66. The van der Waals surface area contributed by atoms with E-state index in [1.54, 1.807) is 42.7 Å². The van der Waals surface area contributed by atoms with Crippen LogP contribution in [0.2, 0.25) is 0 Å². The van der Waals surface area contributed by atoms with Crippen LogP contribution >= 0.6 is 11.3 Å². The number of ether oxygens (including phenoxy) is 2. The molecule has 0 saturated carbocycles. The molecule has 0 aliphatic rings. The van der Waals surface area contributed by atoms with Crippen molar-refractivity contribution in [1.29, 1.82) is 5.26 Å². The average molecular weight is 409 g/mol. The molecule has 0 aliphatic carbocycles. The largest absolute Gasteiger partial charge is 0.496 e. The highest BCUT2D eigenvalue weighted by atomic mass is 32.1. The third-order valence-electron chi connectivity index (χ3n) is 4.44. The van der Waals surface area contributed by atoms with E-state index in [1.165, 1.54) is 4.88 Å². The van der Waals surface area contributed by atoms with Crippen LogP contribution in [-0.4, -0.2) is 36.4 Å². The molecule has 29 heavy (non-hydrogen) atoms. The SMILES string of the molecule is COc1ccccc1CN(Cc1cccs1)CC(O)COc1ccc(C#N)cc1. The first-order valence-electron chi connectivity index (χ1n) is 9.35. The minimum absolute atomic E-state index is 0.179. The quantitative estimate of drug-likeness (QED) is 0.548. The number of aliphatic hydroxyl groups is 1. The smallest absolute Gasteiger partial charge is 0.123 e. The molecule has 1 aromatic heterocycles. The second-order valence-electron chi connectivity index (χ2n) is 6.66. The minimum atomic E-state index is -0.652. The molecule has 0 saturated heterocycles. The van der Waals surface area contributed by atoms with Gasteiger partial charge in [-0.05, 0) is 41.8 Å². The van der Waals surface area contributed by atoms with Crippen LogP contribution in [-0.2, 0) is 13.1 Å². The summed E-state index contributed by atoms with van der Waals surface area (Å²) < 4.78 is 11.2. The molecule has 1 heterocycles. The average Bonchev–Trinajstić information content (AvgIpc) is 3.26. The van der Waals surface area contributed by atoms with Crippen molar-refractivity contribution in [3.05, 3.63) is 82.0 Å². The van der Waals surface area contributed by atoms with Gasteiger partial charge in [-0.1, -0.05) is 24.3 Å². The Hall–Kier alpha value is -2.85. The molecular formula is C23H24N2O3S. The number of aliphatic hydroxyl groups excluding tert-OH is 1. The zero-order valence-electron chi connectivity index (χ0n) is 16.3. The highest BCUT2D eigenvalue weighted by molar-refractivity contribution is 7.09. The summed E-state index contributed by atoms with van der Waals surface area (Å²) in [5, 5.41) is 21.5. The molecule has 5 nitrogen and oxygen atoms in total. The van der Waals surface area contributed by atoms with Gasteiger partial charge in [0.25, 0.3) is 0 Å². The van der Waals surface area contributed by atoms with E-state index in [0.29, 0.717) is 24.4 Å². The lowest BCUT2D eigenvalue weighted by Gasteiger charge is -2.25. The van der Waals surface area contributed by atoms with Gasteiger partial charge in [0, 0.05) is 30.1 Å². The number of methoxy groups -OCH3 is 1. The van der Waals surface area contributed by atoms with Crippen molar-refractivity contribution in [1.82, 2.24) is 4.90 Å². The van der Waals surface area contributed by atoms with Crippen LogP contribution in [0.5, 0.6) is 11.5 Å². The summed E-state index contributed by atoms with van der Waals surface area (Å²) in [4.78, 5) is 3.43. The van der Waals surface area contributed by atoms with Crippen molar-refractivity contribution in [3.63, 3.8) is 0 Å². The summed E-state index contributed by atoms with van der Waals surface area (Å²) >= 11 is 1.70. The molecule has 1 unspecified atom stereocenters. The molecule has 0 amide bonds. The highest BCUT2D eigenvalue weighted by Crippen LogP contribution is 2.22. The van der Waals surface area contributed by atoms with Gasteiger partial charge in [0.15, 0.2) is 0 Å². The number of thiophene rings is 1. The lowest BCUT2D eigenvalue weighted by molar-refractivity contribution is 0.0629. The summed E-state index contributed by atoms with van der Waals surface area (Å²) in [7, 11) is 1.67. The predicted molar refractivity (Wildman–Crippen MR) is 114 cm³/mol. The Labute approximate surface area is 175 Å². The molecule has 2 aromatic carbocycles. The van der Waals surface area contributed by atoms with Crippen molar-refractivity contribution in [2.75, 3.05) is 20.3 Å². The molecular weight excluding hydrogens is 384 g/mol. The molecule has 1 atom stereocenters. The highest BCUT2D eigenvalue weighted by Gasteiger charge is 2.16. The molecule has 6 heteroatoms. The first kappa shape index (κ1) is 20.9.